The van der Waals surface area contributed by atoms with Gasteiger partial charge in [0.05, 0.1) is 12.9 Å². The fourth-order valence-electron chi connectivity index (χ4n) is 1.41. The summed E-state index contributed by atoms with van der Waals surface area (Å²) in [5, 5.41) is 3.02. The molecule has 0 saturated heterocycles. The molecule has 0 spiro atoms. The second kappa shape index (κ2) is 5.69. The summed E-state index contributed by atoms with van der Waals surface area (Å²) in [5.74, 6) is 0.427. The number of anilines is 1. The van der Waals surface area contributed by atoms with Crippen LogP contribution in [0.3, 0.4) is 0 Å². The maximum Gasteiger partial charge on any atom is 0.193 e. The minimum Gasteiger partial charge on any atom is -0.370 e. The zero-order chi connectivity index (χ0) is 11.9. The minimum absolute atomic E-state index is 0.427. The number of nitrogens with two attached hydrogens (primary N) is 1. The molecule has 0 bridgehead atoms. The molecule has 3 N–H and O–H groups in total. The van der Waals surface area contributed by atoms with E-state index in [0.717, 1.165) is 12.2 Å². The molecule has 0 unspecified atom stereocenters. The highest BCUT2D eigenvalue weighted by Crippen LogP contribution is 2.03. The van der Waals surface area contributed by atoms with Gasteiger partial charge in [0.1, 0.15) is 0 Å². The molecule has 1 aromatic heterocycles. The number of aromatic nitrogens is 2. The van der Waals surface area contributed by atoms with Crippen molar-refractivity contribution in [2.45, 2.75) is 6.54 Å². The zero-order valence-corrected chi connectivity index (χ0v) is 9.45. The molecule has 0 fully saturated rings. The van der Waals surface area contributed by atoms with Crippen molar-refractivity contribution in [3.05, 3.63) is 49.1 Å². The van der Waals surface area contributed by atoms with E-state index in [1.807, 2.05) is 41.1 Å². The summed E-state index contributed by atoms with van der Waals surface area (Å²) < 4.78 is 1.96. The van der Waals surface area contributed by atoms with Crippen LogP contribution in [-0.4, -0.2) is 22.1 Å². The molecule has 17 heavy (non-hydrogen) atoms. The van der Waals surface area contributed by atoms with Crippen LogP contribution in [0.2, 0.25) is 0 Å². The van der Waals surface area contributed by atoms with Gasteiger partial charge in [-0.1, -0.05) is 18.2 Å². The van der Waals surface area contributed by atoms with Gasteiger partial charge in [0.25, 0.3) is 0 Å². The van der Waals surface area contributed by atoms with Gasteiger partial charge in [-0.3, -0.25) is 4.99 Å². The Kier molecular flexibility index (Phi) is 3.75. The lowest BCUT2D eigenvalue weighted by atomic mass is 10.3. The summed E-state index contributed by atoms with van der Waals surface area (Å²) in [6.07, 6.45) is 5.40. The maximum absolute atomic E-state index is 5.76. The summed E-state index contributed by atoms with van der Waals surface area (Å²) >= 11 is 0. The normalized spacial score (nSPS) is 11.4. The fourth-order valence-corrected chi connectivity index (χ4v) is 1.41. The summed E-state index contributed by atoms with van der Waals surface area (Å²) in [6.45, 7) is 1.40. The van der Waals surface area contributed by atoms with Crippen molar-refractivity contribution in [3.8, 4) is 0 Å². The average molecular weight is 229 g/mol. The molecule has 2 aromatic rings. The van der Waals surface area contributed by atoms with Gasteiger partial charge in [-0.05, 0) is 12.1 Å². The van der Waals surface area contributed by atoms with E-state index < -0.39 is 0 Å². The number of rotatable bonds is 4. The van der Waals surface area contributed by atoms with Crippen LogP contribution in [0, 0.1) is 0 Å². The topological polar surface area (TPSA) is 68.2 Å². The number of imidazole rings is 1. The highest BCUT2D eigenvalue weighted by Gasteiger charge is 1.93. The lowest BCUT2D eigenvalue weighted by Gasteiger charge is -2.05. The average Bonchev–Trinajstić information content (AvgIpc) is 2.83. The van der Waals surface area contributed by atoms with Gasteiger partial charge < -0.3 is 15.6 Å². The molecule has 0 radical (unpaired) electrons. The zero-order valence-electron chi connectivity index (χ0n) is 9.45. The van der Waals surface area contributed by atoms with Crippen molar-refractivity contribution in [2.24, 2.45) is 10.7 Å². The first kappa shape index (κ1) is 11.2. The molecule has 5 heteroatoms. The van der Waals surface area contributed by atoms with Gasteiger partial charge in [0.2, 0.25) is 0 Å². The molecule has 0 aliphatic rings. The van der Waals surface area contributed by atoms with Crippen LogP contribution in [0.1, 0.15) is 0 Å². The predicted molar refractivity (Wildman–Crippen MR) is 68.8 cm³/mol. The molecule has 0 atom stereocenters. The van der Waals surface area contributed by atoms with E-state index in [-0.39, 0.29) is 0 Å². The molecule has 0 saturated carbocycles. The third kappa shape index (κ3) is 3.64. The first-order valence-electron chi connectivity index (χ1n) is 5.42. The standard InChI is InChI=1S/C12H15N5/c13-12(16-11-4-2-1-3-5-11)15-7-9-17-8-6-14-10-17/h1-6,8,10H,7,9H2,(H3,13,15,16). The molecule has 0 amide bonds. The number of guanidine groups is 1. The van der Waals surface area contributed by atoms with E-state index in [1.54, 1.807) is 12.5 Å². The van der Waals surface area contributed by atoms with Crippen LogP contribution in [0.5, 0.6) is 0 Å². The molecule has 1 heterocycles. The number of benzene rings is 1. The molecule has 0 aliphatic carbocycles. The van der Waals surface area contributed by atoms with Crippen LogP contribution in [0.25, 0.3) is 0 Å². The van der Waals surface area contributed by atoms with E-state index in [9.17, 15) is 0 Å². The van der Waals surface area contributed by atoms with Gasteiger partial charge in [-0.2, -0.15) is 0 Å². The van der Waals surface area contributed by atoms with Crippen molar-refractivity contribution in [2.75, 3.05) is 11.9 Å². The number of aliphatic imine (C=N–C) groups is 1. The SMILES string of the molecule is NC(=NCCn1ccnc1)Nc1ccccc1. The quantitative estimate of drug-likeness (QED) is 0.613. The smallest absolute Gasteiger partial charge is 0.193 e. The van der Waals surface area contributed by atoms with E-state index in [1.165, 1.54) is 0 Å². The number of hydrogen-bond donors (Lipinski definition) is 2. The summed E-state index contributed by atoms with van der Waals surface area (Å²) in [5.41, 5.74) is 6.70. The molecule has 2 rings (SSSR count). The Balaban J connectivity index is 1.81. The molecular weight excluding hydrogens is 214 g/mol. The molecule has 88 valence electrons. The van der Waals surface area contributed by atoms with Gasteiger partial charge in [-0.25, -0.2) is 4.98 Å². The minimum atomic E-state index is 0.427. The lowest BCUT2D eigenvalue weighted by Crippen LogP contribution is -2.23. The van der Waals surface area contributed by atoms with E-state index in [0.29, 0.717) is 12.5 Å². The lowest BCUT2D eigenvalue weighted by molar-refractivity contribution is 0.708. The number of para-hydroxylation sites is 1. The second-order valence-electron chi connectivity index (χ2n) is 3.56. The van der Waals surface area contributed by atoms with Crippen LogP contribution in [0.4, 0.5) is 5.69 Å². The van der Waals surface area contributed by atoms with Crippen molar-refractivity contribution in [1.82, 2.24) is 9.55 Å². The molecular formula is C12H15N5. The molecule has 0 aliphatic heterocycles. The summed E-state index contributed by atoms with van der Waals surface area (Å²) in [7, 11) is 0. The largest absolute Gasteiger partial charge is 0.370 e. The van der Waals surface area contributed by atoms with E-state index >= 15 is 0 Å². The van der Waals surface area contributed by atoms with Crippen LogP contribution in [-0.2, 0) is 6.54 Å². The van der Waals surface area contributed by atoms with Gasteiger partial charge in [-0.15, -0.1) is 0 Å². The predicted octanol–water partition coefficient (Wildman–Crippen LogP) is 1.31. The van der Waals surface area contributed by atoms with Crippen LogP contribution < -0.4 is 11.1 Å². The summed E-state index contributed by atoms with van der Waals surface area (Å²) in [4.78, 5) is 8.18. The Morgan fingerprint density at radius 2 is 2.18 bits per heavy atom. The van der Waals surface area contributed by atoms with Gasteiger partial charge in [0.15, 0.2) is 5.96 Å². The van der Waals surface area contributed by atoms with Crippen molar-refractivity contribution in [3.63, 3.8) is 0 Å². The molecule has 1 aromatic carbocycles. The Bertz CT molecular complexity index is 461. The van der Waals surface area contributed by atoms with Crippen LogP contribution in [0.15, 0.2) is 54.0 Å². The Labute approximate surface area is 100 Å². The molecule has 5 nitrogen and oxygen atoms in total. The Morgan fingerprint density at radius 1 is 1.35 bits per heavy atom. The number of nitrogens with zero attached hydrogens (tertiary/aromatic N) is 3. The Hall–Kier alpha value is -2.30. The second-order valence-corrected chi connectivity index (χ2v) is 3.56. The third-order valence-corrected chi connectivity index (χ3v) is 2.25. The van der Waals surface area contributed by atoms with E-state index in [4.69, 9.17) is 5.73 Å². The van der Waals surface area contributed by atoms with Gasteiger partial charge >= 0.3 is 0 Å². The van der Waals surface area contributed by atoms with Crippen molar-refractivity contribution >= 4 is 11.6 Å². The monoisotopic (exact) mass is 229 g/mol. The summed E-state index contributed by atoms with van der Waals surface area (Å²) in [6, 6.07) is 9.73. The highest BCUT2D eigenvalue weighted by molar-refractivity contribution is 5.92. The fraction of sp³-hybridized carbons (Fsp3) is 0.167. The third-order valence-electron chi connectivity index (χ3n) is 2.25. The number of hydrogen-bond acceptors (Lipinski definition) is 2. The maximum atomic E-state index is 5.76. The first-order chi connectivity index (χ1) is 8.34. The Morgan fingerprint density at radius 3 is 2.88 bits per heavy atom. The van der Waals surface area contributed by atoms with Crippen LogP contribution >= 0.6 is 0 Å². The number of nitrogens with one attached hydrogen (secondary N) is 1. The van der Waals surface area contributed by atoms with Gasteiger partial charge in [0, 0.05) is 24.6 Å². The first-order valence-corrected chi connectivity index (χ1v) is 5.42. The van der Waals surface area contributed by atoms with Crippen molar-refractivity contribution < 1.29 is 0 Å². The highest BCUT2D eigenvalue weighted by atomic mass is 15.1. The van der Waals surface area contributed by atoms with E-state index in [2.05, 4.69) is 15.3 Å². The van der Waals surface area contributed by atoms with Crippen molar-refractivity contribution in [1.29, 1.82) is 0 Å².